The lowest BCUT2D eigenvalue weighted by Crippen LogP contribution is -2.47. The third-order valence-electron chi connectivity index (χ3n) is 5.67. The molecule has 5 rings (SSSR count). The van der Waals surface area contributed by atoms with E-state index < -0.39 is 0 Å². The van der Waals surface area contributed by atoms with Crippen molar-refractivity contribution in [1.82, 2.24) is 29.7 Å². The summed E-state index contributed by atoms with van der Waals surface area (Å²) in [4.78, 5) is 23.6. The minimum absolute atomic E-state index is 0.578. The first kappa shape index (κ1) is 17.3. The van der Waals surface area contributed by atoms with Crippen molar-refractivity contribution in [3.05, 3.63) is 29.6 Å². The molecule has 0 spiro atoms. The minimum atomic E-state index is 0.578. The number of aryl methyl sites for hydroxylation is 3. The van der Waals surface area contributed by atoms with Crippen LogP contribution in [0.1, 0.15) is 43.0 Å². The normalized spacial score (nSPS) is 17.5. The van der Waals surface area contributed by atoms with Crippen LogP contribution in [0.4, 0.5) is 11.6 Å². The molecular weight excluding hydrogens is 352 g/mol. The van der Waals surface area contributed by atoms with Crippen LogP contribution >= 0.6 is 0 Å². The average molecular weight is 378 g/mol. The second-order valence-electron chi connectivity index (χ2n) is 7.78. The van der Waals surface area contributed by atoms with Crippen LogP contribution in [-0.2, 0) is 13.5 Å². The Kier molecular flexibility index (Phi) is 4.14. The van der Waals surface area contributed by atoms with Crippen LogP contribution in [0.25, 0.3) is 11.0 Å². The molecule has 4 heterocycles. The number of aromatic nitrogens is 6. The van der Waals surface area contributed by atoms with E-state index in [9.17, 15) is 0 Å². The molecule has 2 fully saturated rings. The van der Waals surface area contributed by atoms with Crippen molar-refractivity contribution in [1.29, 1.82) is 0 Å². The van der Waals surface area contributed by atoms with Crippen molar-refractivity contribution < 1.29 is 0 Å². The first-order valence-corrected chi connectivity index (χ1v) is 10.2. The topological polar surface area (TPSA) is 75.9 Å². The van der Waals surface area contributed by atoms with Crippen molar-refractivity contribution >= 4 is 22.7 Å². The van der Waals surface area contributed by atoms with Crippen LogP contribution < -0.4 is 9.80 Å². The van der Waals surface area contributed by atoms with Crippen molar-refractivity contribution in [3.8, 4) is 0 Å². The van der Waals surface area contributed by atoms with Gasteiger partial charge in [-0.25, -0.2) is 19.9 Å². The fraction of sp³-hybridized carbons (Fsp3) is 0.550. The van der Waals surface area contributed by atoms with Gasteiger partial charge in [0.2, 0.25) is 0 Å². The number of hydrogen-bond acceptors (Lipinski definition) is 7. The average Bonchev–Trinajstić information content (AvgIpc) is 3.51. The highest BCUT2D eigenvalue weighted by atomic mass is 15.3. The van der Waals surface area contributed by atoms with Crippen molar-refractivity contribution in [3.63, 3.8) is 0 Å². The number of piperazine rings is 1. The van der Waals surface area contributed by atoms with Gasteiger partial charge in [0.05, 0.1) is 11.6 Å². The van der Waals surface area contributed by atoms with Gasteiger partial charge in [0.1, 0.15) is 23.3 Å². The van der Waals surface area contributed by atoms with Crippen molar-refractivity contribution in [2.45, 2.75) is 39.0 Å². The predicted molar refractivity (Wildman–Crippen MR) is 109 cm³/mol. The monoisotopic (exact) mass is 378 g/mol. The third-order valence-corrected chi connectivity index (χ3v) is 5.67. The molecule has 0 radical (unpaired) electrons. The molecule has 0 bridgehead atoms. The largest absolute Gasteiger partial charge is 0.353 e. The highest BCUT2D eigenvalue weighted by Crippen LogP contribution is 2.38. The summed E-state index contributed by atoms with van der Waals surface area (Å²) in [5, 5.41) is 5.39. The molecule has 1 aliphatic carbocycles. The summed E-state index contributed by atoms with van der Waals surface area (Å²) in [5.41, 5.74) is 2.04. The van der Waals surface area contributed by atoms with E-state index >= 15 is 0 Å². The van der Waals surface area contributed by atoms with E-state index in [0.717, 1.165) is 72.6 Å². The van der Waals surface area contributed by atoms with Gasteiger partial charge in [0.25, 0.3) is 0 Å². The second kappa shape index (κ2) is 6.68. The molecular formula is C20H26N8. The lowest BCUT2D eigenvalue weighted by atomic mass is 10.2. The standard InChI is InChI=1S/C20H26N8/c1-4-15-11-17(25-18(24-15)14-5-6-14)27-7-9-28(10-8-27)20-16-12-21-26(3)19(16)22-13(2)23-20/h11-12,14H,4-10H2,1-3H3. The van der Waals surface area contributed by atoms with Crippen LogP contribution in [-0.4, -0.2) is 55.9 Å². The van der Waals surface area contributed by atoms with Gasteiger partial charge in [-0.1, -0.05) is 6.92 Å². The number of fused-ring (bicyclic) bond motifs is 1. The van der Waals surface area contributed by atoms with Crippen LogP contribution in [0, 0.1) is 6.92 Å². The zero-order valence-electron chi connectivity index (χ0n) is 16.8. The van der Waals surface area contributed by atoms with E-state index in [0.29, 0.717) is 5.92 Å². The number of hydrogen-bond donors (Lipinski definition) is 0. The summed E-state index contributed by atoms with van der Waals surface area (Å²) in [5.74, 6) is 4.48. The Labute approximate surface area is 164 Å². The quantitative estimate of drug-likeness (QED) is 0.689. The van der Waals surface area contributed by atoms with E-state index in [1.54, 1.807) is 0 Å². The van der Waals surface area contributed by atoms with Crippen molar-refractivity contribution in [2.24, 2.45) is 7.05 Å². The fourth-order valence-electron chi connectivity index (χ4n) is 3.87. The second-order valence-corrected chi connectivity index (χ2v) is 7.78. The van der Waals surface area contributed by atoms with Gasteiger partial charge in [0, 0.05) is 50.9 Å². The molecule has 8 heteroatoms. The molecule has 0 N–H and O–H groups in total. The van der Waals surface area contributed by atoms with Gasteiger partial charge >= 0.3 is 0 Å². The zero-order chi connectivity index (χ0) is 19.3. The summed E-state index contributed by atoms with van der Waals surface area (Å²) >= 11 is 0. The SMILES string of the molecule is CCc1cc(N2CCN(c3nc(C)nc4c3cnn4C)CC2)nc(C2CC2)n1. The molecule has 3 aromatic rings. The molecule has 28 heavy (non-hydrogen) atoms. The first-order chi connectivity index (χ1) is 13.6. The molecule has 8 nitrogen and oxygen atoms in total. The van der Waals surface area contributed by atoms with Gasteiger partial charge in [-0.2, -0.15) is 5.10 Å². The molecule has 1 saturated heterocycles. The Morgan fingerprint density at radius 3 is 2.46 bits per heavy atom. The Morgan fingerprint density at radius 1 is 1.00 bits per heavy atom. The highest BCUT2D eigenvalue weighted by Gasteiger charge is 2.29. The Morgan fingerprint density at radius 2 is 1.75 bits per heavy atom. The van der Waals surface area contributed by atoms with Crippen LogP contribution in [0.3, 0.4) is 0 Å². The third kappa shape index (κ3) is 3.06. The molecule has 0 unspecified atom stereocenters. The van der Waals surface area contributed by atoms with Crippen LogP contribution in [0.5, 0.6) is 0 Å². The molecule has 146 valence electrons. The maximum absolute atomic E-state index is 4.89. The van der Waals surface area contributed by atoms with Crippen LogP contribution in [0.15, 0.2) is 12.3 Å². The lowest BCUT2D eigenvalue weighted by Gasteiger charge is -2.36. The van der Waals surface area contributed by atoms with Gasteiger partial charge in [0.15, 0.2) is 5.65 Å². The molecule has 0 amide bonds. The van der Waals surface area contributed by atoms with E-state index in [1.807, 2.05) is 24.9 Å². The maximum atomic E-state index is 4.89. The summed E-state index contributed by atoms with van der Waals surface area (Å²) in [6, 6.07) is 2.16. The maximum Gasteiger partial charge on any atom is 0.163 e. The van der Waals surface area contributed by atoms with E-state index in [2.05, 4.69) is 32.9 Å². The first-order valence-electron chi connectivity index (χ1n) is 10.2. The number of rotatable bonds is 4. The summed E-state index contributed by atoms with van der Waals surface area (Å²) in [7, 11) is 1.92. The summed E-state index contributed by atoms with van der Waals surface area (Å²) in [6.45, 7) is 7.77. The fourth-order valence-corrected chi connectivity index (χ4v) is 3.87. The van der Waals surface area contributed by atoms with Gasteiger partial charge in [-0.15, -0.1) is 0 Å². The van der Waals surface area contributed by atoms with Gasteiger partial charge in [-0.3, -0.25) is 4.68 Å². The molecule has 0 atom stereocenters. The highest BCUT2D eigenvalue weighted by molar-refractivity contribution is 5.87. The Bertz CT molecular complexity index is 1010. The Balaban J connectivity index is 1.38. The van der Waals surface area contributed by atoms with Crippen LogP contribution in [0.2, 0.25) is 0 Å². The summed E-state index contributed by atoms with van der Waals surface area (Å²) < 4.78 is 1.82. The zero-order valence-corrected chi connectivity index (χ0v) is 16.8. The van der Waals surface area contributed by atoms with E-state index in [1.165, 1.54) is 12.8 Å². The van der Waals surface area contributed by atoms with E-state index in [-0.39, 0.29) is 0 Å². The molecule has 0 aromatic carbocycles. The molecule has 1 saturated carbocycles. The van der Waals surface area contributed by atoms with Gasteiger partial charge in [-0.05, 0) is 26.2 Å². The number of nitrogens with zero attached hydrogens (tertiary/aromatic N) is 8. The van der Waals surface area contributed by atoms with Crippen molar-refractivity contribution in [2.75, 3.05) is 36.0 Å². The molecule has 1 aliphatic heterocycles. The molecule has 2 aliphatic rings. The van der Waals surface area contributed by atoms with E-state index in [4.69, 9.17) is 15.0 Å². The van der Waals surface area contributed by atoms with Gasteiger partial charge < -0.3 is 9.80 Å². The minimum Gasteiger partial charge on any atom is -0.353 e. The molecule has 3 aromatic heterocycles. The predicted octanol–water partition coefficient (Wildman–Crippen LogP) is 2.23. The Hall–Kier alpha value is -2.77. The summed E-state index contributed by atoms with van der Waals surface area (Å²) in [6.07, 6.45) is 5.29. The lowest BCUT2D eigenvalue weighted by molar-refractivity contribution is 0.638. The number of anilines is 2. The smallest absolute Gasteiger partial charge is 0.163 e.